The molecule has 0 aliphatic carbocycles. The van der Waals surface area contributed by atoms with Crippen LogP contribution in [0, 0.1) is 0 Å². The minimum atomic E-state index is -0.627. The van der Waals surface area contributed by atoms with Gasteiger partial charge in [-0.1, -0.05) is 30.3 Å². The van der Waals surface area contributed by atoms with Crippen molar-refractivity contribution < 1.29 is 18.7 Å². The van der Waals surface area contributed by atoms with E-state index < -0.39 is 17.6 Å². The highest BCUT2D eigenvalue weighted by molar-refractivity contribution is 7.80. The van der Waals surface area contributed by atoms with Crippen LogP contribution >= 0.6 is 12.2 Å². The van der Waals surface area contributed by atoms with Gasteiger partial charge in [-0.15, -0.1) is 0 Å². The summed E-state index contributed by atoms with van der Waals surface area (Å²) < 4.78 is 15.7. The van der Waals surface area contributed by atoms with Crippen molar-refractivity contribution >= 4 is 40.0 Å². The number of para-hydroxylation sites is 1. The molecule has 0 bridgehead atoms. The van der Waals surface area contributed by atoms with Crippen molar-refractivity contribution in [2.24, 2.45) is 0 Å². The number of methoxy groups -OCH3 is 2. The molecule has 1 aliphatic heterocycles. The molecule has 0 saturated carbocycles. The van der Waals surface area contributed by atoms with Gasteiger partial charge in [-0.3, -0.25) is 0 Å². The minimum absolute atomic E-state index is 0.191. The Bertz CT molecular complexity index is 1230. The van der Waals surface area contributed by atoms with Gasteiger partial charge in [0.25, 0.3) is 0 Å². The Hall–Kier alpha value is -3.65. The second kappa shape index (κ2) is 8.00. The fourth-order valence-electron chi connectivity index (χ4n) is 3.39. The summed E-state index contributed by atoms with van der Waals surface area (Å²) in [4.78, 5) is 25.5. The Kier molecular flexibility index (Phi) is 5.24. The SMILES string of the molecule is COC(=O)C1=C(c2cc3ccccc3oc2=O)NC(=S)N[C@H]1c1ccc(OC)cc1. The van der Waals surface area contributed by atoms with E-state index in [2.05, 4.69) is 10.6 Å². The van der Waals surface area contributed by atoms with Gasteiger partial charge in [-0.05, 0) is 42.0 Å². The first kappa shape index (κ1) is 19.7. The van der Waals surface area contributed by atoms with E-state index in [0.29, 0.717) is 11.3 Å². The number of carbonyl (C=O) groups excluding carboxylic acids is 1. The van der Waals surface area contributed by atoms with Crippen molar-refractivity contribution in [2.75, 3.05) is 14.2 Å². The van der Waals surface area contributed by atoms with Gasteiger partial charge in [0, 0.05) is 5.39 Å². The first-order chi connectivity index (χ1) is 14.5. The maximum Gasteiger partial charge on any atom is 0.345 e. The van der Waals surface area contributed by atoms with E-state index in [1.54, 1.807) is 37.4 Å². The van der Waals surface area contributed by atoms with Crippen LogP contribution in [0.5, 0.6) is 5.75 Å². The van der Waals surface area contributed by atoms with E-state index in [1.165, 1.54) is 7.11 Å². The number of ether oxygens (including phenoxy) is 2. The van der Waals surface area contributed by atoms with Crippen molar-refractivity contribution in [3.8, 4) is 5.75 Å². The van der Waals surface area contributed by atoms with Gasteiger partial charge in [-0.2, -0.15) is 0 Å². The van der Waals surface area contributed by atoms with Gasteiger partial charge in [0.15, 0.2) is 5.11 Å². The van der Waals surface area contributed by atoms with E-state index >= 15 is 0 Å². The van der Waals surface area contributed by atoms with Crippen LogP contribution in [0.25, 0.3) is 16.7 Å². The number of esters is 1. The molecule has 0 fully saturated rings. The van der Waals surface area contributed by atoms with E-state index in [9.17, 15) is 9.59 Å². The average molecular weight is 422 g/mol. The fraction of sp³-hybridized carbons (Fsp3) is 0.136. The zero-order valence-corrected chi connectivity index (χ0v) is 17.0. The first-order valence-corrected chi connectivity index (χ1v) is 9.50. The van der Waals surface area contributed by atoms with Crippen LogP contribution < -0.4 is 21.0 Å². The van der Waals surface area contributed by atoms with Gasteiger partial charge in [-0.25, -0.2) is 9.59 Å². The maximum absolute atomic E-state index is 12.8. The van der Waals surface area contributed by atoms with Gasteiger partial charge < -0.3 is 24.5 Å². The molecule has 7 nitrogen and oxygen atoms in total. The Morgan fingerprint density at radius 1 is 1.10 bits per heavy atom. The molecule has 3 aromatic rings. The second-order valence-electron chi connectivity index (χ2n) is 6.57. The molecule has 2 N–H and O–H groups in total. The van der Waals surface area contributed by atoms with E-state index in [4.69, 9.17) is 26.1 Å². The van der Waals surface area contributed by atoms with E-state index in [1.807, 2.05) is 24.3 Å². The van der Waals surface area contributed by atoms with Crippen LogP contribution in [0.4, 0.5) is 0 Å². The number of thiocarbonyl (C=S) groups is 1. The molecule has 1 aromatic heterocycles. The van der Waals surface area contributed by atoms with Gasteiger partial charge in [0.05, 0.1) is 37.1 Å². The monoisotopic (exact) mass is 422 g/mol. The predicted molar refractivity (Wildman–Crippen MR) is 116 cm³/mol. The summed E-state index contributed by atoms with van der Waals surface area (Å²) in [7, 11) is 2.86. The highest BCUT2D eigenvalue weighted by Crippen LogP contribution is 2.32. The number of carbonyl (C=O) groups is 1. The zero-order chi connectivity index (χ0) is 21.3. The summed E-state index contributed by atoms with van der Waals surface area (Å²) in [5.74, 6) is 0.0788. The molecule has 152 valence electrons. The molecule has 0 radical (unpaired) electrons. The molecule has 1 atom stereocenters. The third-order valence-electron chi connectivity index (χ3n) is 4.84. The molecule has 2 heterocycles. The normalized spacial score (nSPS) is 16.1. The van der Waals surface area contributed by atoms with Crippen molar-refractivity contribution in [1.82, 2.24) is 10.6 Å². The van der Waals surface area contributed by atoms with Crippen LogP contribution in [0.3, 0.4) is 0 Å². The summed E-state index contributed by atoms with van der Waals surface area (Å²) in [5.41, 5.74) is 1.29. The molecular formula is C22H18N2O5S. The van der Waals surface area contributed by atoms with Crippen LogP contribution in [-0.2, 0) is 9.53 Å². The molecule has 2 aromatic carbocycles. The van der Waals surface area contributed by atoms with Crippen molar-refractivity contribution in [1.29, 1.82) is 0 Å². The molecule has 1 aliphatic rings. The molecule has 0 unspecified atom stereocenters. The third kappa shape index (κ3) is 3.53. The molecule has 30 heavy (non-hydrogen) atoms. The van der Waals surface area contributed by atoms with Crippen LogP contribution in [0.1, 0.15) is 17.2 Å². The lowest BCUT2D eigenvalue weighted by atomic mass is 9.93. The third-order valence-corrected chi connectivity index (χ3v) is 5.06. The Morgan fingerprint density at radius 3 is 2.53 bits per heavy atom. The highest BCUT2D eigenvalue weighted by Gasteiger charge is 2.34. The predicted octanol–water partition coefficient (Wildman–Crippen LogP) is 2.90. The largest absolute Gasteiger partial charge is 0.497 e. The molecule has 8 heteroatoms. The molecule has 0 amide bonds. The summed E-state index contributed by atoms with van der Waals surface area (Å²) in [6.07, 6.45) is 0. The lowest BCUT2D eigenvalue weighted by molar-refractivity contribution is -0.136. The molecular weight excluding hydrogens is 404 g/mol. The smallest absolute Gasteiger partial charge is 0.345 e. The van der Waals surface area contributed by atoms with Gasteiger partial charge >= 0.3 is 11.6 Å². The number of rotatable bonds is 4. The van der Waals surface area contributed by atoms with Crippen LogP contribution in [0.2, 0.25) is 0 Å². The average Bonchev–Trinajstić information content (AvgIpc) is 2.77. The number of nitrogens with one attached hydrogen (secondary N) is 2. The summed E-state index contributed by atoms with van der Waals surface area (Å²) in [5, 5.41) is 7.01. The Morgan fingerprint density at radius 2 is 1.83 bits per heavy atom. The van der Waals surface area contributed by atoms with Crippen molar-refractivity contribution in [2.45, 2.75) is 6.04 Å². The van der Waals surface area contributed by atoms with Gasteiger partial charge in [0.2, 0.25) is 0 Å². The number of hydrogen-bond donors (Lipinski definition) is 2. The molecule has 4 rings (SSSR count). The molecule has 0 spiro atoms. The standard InChI is InChI=1S/C22H18N2O5S/c1-27-14-9-7-12(8-10-14)18-17(21(26)28-2)19(24-22(30)23-18)15-11-13-5-3-4-6-16(13)29-20(15)25/h3-11,18H,1-2H3,(H2,23,24,30)/t18-/m0/s1. The summed E-state index contributed by atoms with van der Waals surface area (Å²) in [6.45, 7) is 0. The number of fused-ring (bicyclic) bond motifs is 1. The molecule has 0 saturated heterocycles. The highest BCUT2D eigenvalue weighted by atomic mass is 32.1. The number of benzene rings is 2. The van der Waals surface area contributed by atoms with E-state index in [0.717, 1.165) is 10.9 Å². The van der Waals surface area contributed by atoms with Crippen LogP contribution in [0.15, 0.2) is 69.4 Å². The quantitative estimate of drug-likeness (QED) is 0.377. The maximum atomic E-state index is 12.8. The van der Waals surface area contributed by atoms with Crippen molar-refractivity contribution in [3.05, 3.63) is 81.7 Å². The number of hydrogen-bond acceptors (Lipinski definition) is 6. The topological polar surface area (TPSA) is 89.8 Å². The summed E-state index contributed by atoms with van der Waals surface area (Å²) in [6, 6.07) is 15.4. The minimum Gasteiger partial charge on any atom is -0.497 e. The first-order valence-electron chi connectivity index (χ1n) is 9.09. The van der Waals surface area contributed by atoms with Crippen LogP contribution in [-0.4, -0.2) is 25.3 Å². The Balaban J connectivity index is 1.94. The zero-order valence-electron chi connectivity index (χ0n) is 16.2. The second-order valence-corrected chi connectivity index (χ2v) is 6.98. The lowest BCUT2D eigenvalue weighted by Gasteiger charge is -2.30. The fourth-order valence-corrected chi connectivity index (χ4v) is 3.61. The van der Waals surface area contributed by atoms with Crippen molar-refractivity contribution in [3.63, 3.8) is 0 Å². The Labute approximate surface area is 177 Å². The van der Waals surface area contributed by atoms with E-state index in [-0.39, 0.29) is 21.9 Å². The van der Waals surface area contributed by atoms with Gasteiger partial charge in [0.1, 0.15) is 11.3 Å². The lowest BCUT2D eigenvalue weighted by Crippen LogP contribution is -2.45. The summed E-state index contributed by atoms with van der Waals surface area (Å²) >= 11 is 5.36.